The molecule has 1 rings (SSSR count). The zero-order chi connectivity index (χ0) is 15.0. The van der Waals surface area contributed by atoms with Crippen LogP contribution in [0.2, 0.25) is 0 Å². The fourth-order valence-corrected chi connectivity index (χ4v) is 1.16. The monoisotopic (exact) mass is 279 g/mol. The summed E-state index contributed by atoms with van der Waals surface area (Å²) in [6.45, 7) is -0.284. The number of hydrogen-bond donors (Lipinski definition) is 2. The Balaban J connectivity index is 2.44. The first-order chi connectivity index (χ1) is 9.52. The molecule has 0 heterocycles. The molecule has 0 saturated carbocycles. The molecule has 0 aromatic heterocycles. The van der Waals surface area contributed by atoms with Gasteiger partial charge in [-0.05, 0) is 23.8 Å². The first-order valence-electron chi connectivity index (χ1n) is 5.58. The number of carbonyl (C=O) groups excluding carboxylic acids is 2. The Morgan fingerprint density at radius 1 is 1.35 bits per heavy atom. The average molecular weight is 279 g/mol. The second-order valence-corrected chi connectivity index (χ2v) is 3.61. The zero-order valence-corrected chi connectivity index (χ0v) is 10.7. The third kappa shape index (κ3) is 5.27. The summed E-state index contributed by atoms with van der Waals surface area (Å²) < 4.78 is 0. The van der Waals surface area contributed by atoms with Crippen LogP contribution in [0.4, 0.5) is 5.69 Å². The molecular weight excluding hydrogens is 266 g/mol. The number of hydrogen-bond acceptors (Lipinski definition) is 5. The van der Waals surface area contributed by atoms with Crippen molar-refractivity contribution < 1.29 is 19.3 Å². The summed E-state index contributed by atoms with van der Waals surface area (Å²) in [5.74, 6) is -0.920. The Kier molecular flexibility index (Phi) is 5.85. The topological polar surface area (TPSA) is 111 Å². The first kappa shape index (κ1) is 15.3. The van der Waals surface area contributed by atoms with Gasteiger partial charge in [0.1, 0.15) is 0 Å². The Labute approximate surface area is 114 Å². The van der Waals surface area contributed by atoms with E-state index >= 15 is 0 Å². The van der Waals surface area contributed by atoms with Gasteiger partial charge in [-0.25, -0.2) is 5.48 Å². The third-order valence-corrected chi connectivity index (χ3v) is 2.19. The van der Waals surface area contributed by atoms with E-state index in [1.807, 2.05) is 0 Å². The second kappa shape index (κ2) is 7.64. The molecule has 0 fully saturated rings. The molecule has 0 bridgehead atoms. The number of nitrogens with one attached hydrogen (secondary N) is 2. The van der Waals surface area contributed by atoms with E-state index in [0.717, 1.165) is 0 Å². The number of rotatable bonds is 6. The van der Waals surface area contributed by atoms with Gasteiger partial charge in [0.05, 0.1) is 4.92 Å². The van der Waals surface area contributed by atoms with Gasteiger partial charge in [-0.1, -0.05) is 0 Å². The van der Waals surface area contributed by atoms with E-state index in [0.29, 0.717) is 5.56 Å². The van der Waals surface area contributed by atoms with Gasteiger partial charge in [0, 0.05) is 25.3 Å². The maximum atomic E-state index is 11.3. The van der Waals surface area contributed by atoms with Crippen molar-refractivity contribution in [1.29, 1.82) is 0 Å². The van der Waals surface area contributed by atoms with E-state index < -0.39 is 10.8 Å². The highest BCUT2D eigenvalue weighted by molar-refractivity contribution is 5.91. The van der Waals surface area contributed by atoms with Crippen molar-refractivity contribution in [2.75, 3.05) is 13.7 Å². The van der Waals surface area contributed by atoms with E-state index in [9.17, 15) is 19.7 Å². The quantitative estimate of drug-likeness (QED) is 0.445. The lowest BCUT2D eigenvalue weighted by Crippen LogP contribution is -2.30. The van der Waals surface area contributed by atoms with E-state index in [2.05, 4.69) is 15.6 Å². The van der Waals surface area contributed by atoms with Crippen LogP contribution in [0, 0.1) is 10.1 Å². The highest BCUT2D eigenvalue weighted by Gasteiger charge is 2.03. The fraction of sp³-hybridized carbons (Fsp3) is 0.167. The van der Waals surface area contributed by atoms with Crippen molar-refractivity contribution in [2.24, 2.45) is 0 Å². The van der Waals surface area contributed by atoms with Crippen LogP contribution in [-0.2, 0) is 14.4 Å². The van der Waals surface area contributed by atoms with Crippen LogP contribution in [-0.4, -0.2) is 30.4 Å². The van der Waals surface area contributed by atoms with E-state index in [1.54, 1.807) is 0 Å². The van der Waals surface area contributed by atoms with Gasteiger partial charge < -0.3 is 5.32 Å². The maximum Gasteiger partial charge on any atom is 0.269 e. The summed E-state index contributed by atoms with van der Waals surface area (Å²) >= 11 is 0. The molecule has 0 radical (unpaired) electrons. The lowest BCUT2D eigenvalue weighted by atomic mass is 10.2. The van der Waals surface area contributed by atoms with Crippen LogP contribution >= 0.6 is 0 Å². The molecule has 0 aliphatic rings. The molecule has 8 nitrogen and oxygen atoms in total. The first-order valence-corrected chi connectivity index (χ1v) is 5.58. The minimum atomic E-state index is -0.549. The van der Waals surface area contributed by atoms with Crippen molar-refractivity contribution in [3.8, 4) is 0 Å². The molecule has 0 saturated heterocycles. The van der Waals surface area contributed by atoms with Crippen molar-refractivity contribution in [3.05, 3.63) is 46.0 Å². The van der Waals surface area contributed by atoms with Gasteiger partial charge in [0.15, 0.2) is 6.61 Å². The van der Waals surface area contributed by atoms with Crippen molar-refractivity contribution in [3.63, 3.8) is 0 Å². The molecule has 106 valence electrons. The third-order valence-electron chi connectivity index (χ3n) is 2.19. The highest BCUT2D eigenvalue weighted by Crippen LogP contribution is 2.12. The summed E-state index contributed by atoms with van der Waals surface area (Å²) in [5, 5.41) is 12.8. The molecule has 1 aromatic rings. The van der Waals surface area contributed by atoms with Crippen molar-refractivity contribution in [2.45, 2.75) is 0 Å². The predicted molar refractivity (Wildman–Crippen MR) is 70.3 cm³/mol. The van der Waals surface area contributed by atoms with Crippen LogP contribution in [0.15, 0.2) is 30.3 Å². The van der Waals surface area contributed by atoms with Crippen molar-refractivity contribution >= 4 is 23.6 Å². The summed E-state index contributed by atoms with van der Waals surface area (Å²) in [6.07, 6.45) is 2.65. The van der Waals surface area contributed by atoms with Crippen LogP contribution in [0.3, 0.4) is 0 Å². The molecule has 0 unspecified atom stereocenters. The molecule has 0 atom stereocenters. The standard InChI is InChI=1S/C12H13N3O5/c1-13-12(17)8-20-14-11(16)7-4-9-2-5-10(6-3-9)15(18)19/h2-7H,8H2,1H3,(H,13,17)(H,14,16)/b7-4+. The van der Waals surface area contributed by atoms with Gasteiger partial charge in [-0.2, -0.15) is 0 Å². The number of amides is 2. The SMILES string of the molecule is CNC(=O)CONC(=O)/C=C/c1ccc([N+](=O)[O-])cc1. The maximum absolute atomic E-state index is 11.3. The largest absolute Gasteiger partial charge is 0.357 e. The molecule has 0 aliphatic carbocycles. The number of nitro benzene ring substituents is 1. The van der Waals surface area contributed by atoms with Crippen LogP contribution < -0.4 is 10.8 Å². The summed E-state index contributed by atoms with van der Waals surface area (Å²) in [5.41, 5.74) is 2.65. The van der Waals surface area contributed by atoms with E-state index in [-0.39, 0.29) is 18.2 Å². The number of carbonyl (C=O) groups is 2. The number of nitrogens with zero attached hydrogens (tertiary/aromatic N) is 1. The van der Waals surface area contributed by atoms with Gasteiger partial charge in [0.2, 0.25) is 5.91 Å². The lowest BCUT2D eigenvalue weighted by Gasteiger charge is -2.01. The minimum absolute atomic E-state index is 0.0273. The molecule has 2 amide bonds. The van der Waals surface area contributed by atoms with Crippen LogP contribution in [0.25, 0.3) is 6.08 Å². The summed E-state index contributed by atoms with van der Waals surface area (Å²) in [6, 6.07) is 5.68. The number of benzene rings is 1. The molecule has 0 spiro atoms. The summed E-state index contributed by atoms with van der Waals surface area (Å²) in [4.78, 5) is 36.7. The number of nitro groups is 1. The Morgan fingerprint density at radius 3 is 2.55 bits per heavy atom. The minimum Gasteiger partial charge on any atom is -0.357 e. The molecule has 2 N–H and O–H groups in total. The molecular formula is C12H13N3O5. The van der Waals surface area contributed by atoms with Crippen LogP contribution in [0.1, 0.15) is 5.56 Å². The fourth-order valence-electron chi connectivity index (χ4n) is 1.16. The van der Waals surface area contributed by atoms with E-state index in [4.69, 9.17) is 0 Å². The number of likely N-dealkylation sites (N-methyl/N-ethyl adjacent to an activating group) is 1. The smallest absolute Gasteiger partial charge is 0.269 e. The Bertz CT molecular complexity index is 524. The zero-order valence-electron chi connectivity index (χ0n) is 10.7. The highest BCUT2D eigenvalue weighted by atomic mass is 16.7. The van der Waals surface area contributed by atoms with Crippen molar-refractivity contribution in [1.82, 2.24) is 10.8 Å². The van der Waals surface area contributed by atoms with Gasteiger partial charge in [-0.3, -0.25) is 24.5 Å². The number of non-ortho nitro benzene ring substituents is 1. The molecule has 1 aromatic carbocycles. The molecule has 0 aliphatic heterocycles. The predicted octanol–water partition coefficient (Wildman–Crippen LogP) is 0.402. The number of hydroxylamine groups is 1. The summed E-state index contributed by atoms with van der Waals surface area (Å²) in [7, 11) is 1.45. The normalized spacial score (nSPS) is 10.2. The molecule has 20 heavy (non-hydrogen) atoms. The molecule has 8 heteroatoms. The second-order valence-electron chi connectivity index (χ2n) is 3.61. The Morgan fingerprint density at radius 2 is 2.00 bits per heavy atom. The van der Waals surface area contributed by atoms with Crippen LogP contribution in [0.5, 0.6) is 0 Å². The van der Waals surface area contributed by atoms with Gasteiger partial charge >= 0.3 is 0 Å². The van der Waals surface area contributed by atoms with Gasteiger partial charge in [0.25, 0.3) is 11.6 Å². The lowest BCUT2D eigenvalue weighted by molar-refractivity contribution is -0.384. The average Bonchev–Trinajstić information content (AvgIpc) is 2.45. The Hall–Kier alpha value is -2.74. The van der Waals surface area contributed by atoms with Gasteiger partial charge in [-0.15, -0.1) is 0 Å². The van der Waals surface area contributed by atoms with E-state index in [1.165, 1.54) is 43.5 Å².